The molecule has 0 amide bonds. The van der Waals surface area contributed by atoms with Crippen LogP contribution in [0.1, 0.15) is 24.8 Å². The summed E-state index contributed by atoms with van der Waals surface area (Å²) in [6, 6.07) is 9.00. The number of carbonyl (C=O) groups is 1. The van der Waals surface area contributed by atoms with Gasteiger partial charge in [0.25, 0.3) is 0 Å². The number of carbonyl (C=O) groups excluding carboxylic acids is 1. The molecule has 0 saturated carbocycles. The fraction of sp³-hybridized carbons (Fsp3) is 0.250. The quantitative estimate of drug-likeness (QED) is 0.866. The summed E-state index contributed by atoms with van der Waals surface area (Å²) >= 11 is 6.24. The Balaban J connectivity index is 2.73. The Kier molecular flexibility index (Phi) is 4.74. The van der Waals surface area contributed by atoms with Crippen molar-refractivity contribution < 1.29 is 14.3 Å². The maximum Gasteiger partial charge on any atom is 0.338 e. The van der Waals surface area contributed by atoms with Crippen molar-refractivity contribution in [2.75, 3.05) is 7.11 Å². The van der Waals surface area contributed by atoms with Crippen molar-refractivity contribution in [3.63, 3.8) is 0 Å². The minimum atomic E-state index is -0.699. The fourth-order valence-corrected chi connectivity index (χ4v) is 2.68. The van der Waals surface area contributed by atoms with E-state index in [1.807, 2.05) is 13.0 Å². The minimum absolute atomic E-state index is 0.0167. The van der Waals surface area contributed by atoms with Crippen LogP contribution in [0.3, 0.4) is 0 Å². The number of benzene rings is 1. The van der Waals surface area contributed by atoms with E-state index in [0.29, 0.717) is 22.8 Å². The lowest BCUT2D eigenvalue weighted by molar-refractivity contribution is -0.136. The Morgan fingerprint density at radius 2 is 2.18 bits per heavy atom. The first-order valence-electron chi connectivity index (χ1n) is 6.68. The molecule has 2 N–H and O–H groups in total. The average molecular weight is 319 g/mol. The van der Waals surface area contributed by atoms with E-state index in [4.69, 9.17) is 26.8 Å². The molecule has 1 aromatic carbocycles. The molecule has 0 spiro atoms. The molecule has 0 bridgehead atoms. The molecule has 1 aliphatic heterocycles. The molecule has 1 aliphatic rings. The second-order valence-electron chi connectivity index (χ2n) is 4.63. The van der Waals surface area contributed by atoms with E-state index in [0.717, 1.165) is 0 Å². The SMILES string of the molecule is CCC1=C(C(=O)OC)C(c2ccccc2Cl)C(C#N)=C(N)O1. The number of nitriles is 1. The molecule has 6 heteroatoms. The van der Waals surface area contributed by atoms with E-state index in [9.17, 15) is 10.1 Å². The highest BCUT2D eigenvalue weighted by Gasteiger charge is 2.37. The van der Waals surface area contributed by atoms with Gasteiger partial charge in [-0.1, -0.05) is 36.7 Å². The number of halogens is 1. The van der Waals surface area contributed by atoms with Crippen LogP contribution in [0.4, 0.5) is 0 Å². The molecule has 1 aromatic rings. The summed E-state index contributed by atoms with van der Waals surface area (Å²) in [5.41, 5.74) is 6.85. The number of rotatable bonds is 3. The number of ether oxygens (including phenoxy) is 2. The summed E-state index contributed by atoms with van der Waals surface area (Å²) in [7, 11) is 1.28. The molecular formula is C16H15ClN2O3. The fourth-order valence-electron chi connectivity index (χ4n) is 2.43. The van der Waals surface area contributed by atoms with E-state index in [2.05, 4.69) is 0 Å². The van der Waals surface area contributed by atoms with Crippen LogP contribution in [0.15, 0.2) is 47.1 Å². The first kappa shape index (κ1) is 15.9. The van der Waals surface area contributed by atoms with Gasteiger partial charge < -0.3 is 15.2 Å². The first-order chi connectivity index (χ1) is 10.5. The van der Waals surface area contributed by atoms with Crippen molar-refractivity contribution in [1.29, 1.82) is 5.26 Å². The van der Waals surface area contributed by atoms with Crippen LogP contribution in [-0.4, -0.2) is 13.1 Å². The molecule has 1 unspecified atom stereocenters. The third-order valence-corrected chi connectivity index (χ3v) is 3.78. The average Bonchev–Trinajstić information content (AvgIpc) is 2.53. The Hall–Kier alpha value is -2.45. The molecule has 0 saturated heterocycles. The van der Waals surface area contributed by atoms with E-state index in [1.165, 1.54) is 7.11 Å². The Morgan fingerprint density at radius 1 is 1.50 bits per heavy atom. The summed E-state index contributed by atoms with van der Waals surface area (Å²) in [5, 5.41) is 9.87. The molecule has 2 rings (SSSR count). The number of methoxy groups -OCH3 is 1. The molecule has 22 heavy (non-hydrogen) atoms. The van der Waals surface area contributed by atoms with Gasteiger partial charge in [-0.2, -0.15) is 5.26 Å². The van der Waals surface area contributed by atoms with Gasteiger partial charge >= 0.3 is 5.97 Å². The van der Waals surface area contributed by atoms with Gasteiger partial charge in [0.15, 0.2) is 0 Å². The van der Waals surface area contributed by atoms with Crippen LogP contribution in [-0.2, 0) is 14.3 Å². The molecular weight excluding hydrogens is 304 g/mol. The van der Waals surface area contributed by atoms with E-state index >= 15 is 0 Å². The summed E-state index contributed by atoms with van der Waals surface area (Å²) in [6.07, 6.45) is 0.435. The third-order valence-electron chi connectivity index (χ3n) is 3.44. The van der Waals surface area contributed by atoms with Crippen LogP contribution >= 0.6 is 11.6 Å². The number of hydrogen-bond acceptors (Lipinski definition) is 5. The topological polar surface area (TPSA) is 85.3 Å². The molecule has 0 aliphatic carbocycles. The monoisotopic (exact) mass is 318 g/mol. The standard InChI is InChI=1S/C16H15ClN2O3/c1-3-12-14(16(20)21-2)13(10(8-18)15(19)22-12)9-6-4-5-7-11(9)17/h4-7,13H,3,19H2,1-2H3. The van der Waals surface area contributed by atoms with Crippen LogP contribution in [0.2, 0.25) is 5.02 Å². The Morgan fingerprint density at radius 3 is 2.73 bits per heavy atom. The molecule has 0 radical (unpaired) electrons. The summed E-state index contributed by atoms with van der Waals surface area (Å²) in [6.45, 7) is 1.83. The van der Waals surface area contributed by atoms with Gasteiger partial charge in [0.1, 0.15) is 17.4 Å². The van der Waals surface area contributed by atoms with Crippen molar-refractivity contribution in [3.8, 4) is 6.07 Å². The largest absolute Gasteiger partial charge is 0.466 e. The van der Waals surface area contributed by atoms with Crippen molar-refractivity contribution in [2.45, 2.75) is 19.3 Å². The number of allylic oxidation sites excluding steroid dienone is 2. The summed E-state index contributed by atoms with van der Waals surface area (Å²) < 4.78 is 10.3. The zero-order valence-electron chi connectivity index (χ0n) is 12.2. The molecule has 0 aromatic heterocycles. The van der Waals surface area contributed by atoms with Crippen LogP contribution in [0.5, 0.6) is 0 Å². The van der Waals surface area contributed by atoms with Gasteiger partial charge in [0.05, 0.1) is 18.6 Å². The molecule has 1 atom stereocenters. The smallest absolute Gasteiger partial charge is 0.338 e. The van der Waals surface area contributed by atoms with E-state index in [1.54, 1.807) is 24.3 Å². The Bertz CT molecular complexity index is 716. The highest BCUT2D eigenvalue weighted by Crippen LogP contribution is 2.42. The van der Waals surface area contributed by atoms with Gasteiger partial charge in [0, 0.05) is 11.4 Å². The lowest BCUT2D eigenvalue weighted by Gasteiger charge is -2.28. The predicted octanol–water partition coefficient (Wildman–Crippen LogP) is 2.98. The number of nitrogens with zero attached hydrogens (tertiary/aromatic N) is 1. The zero-order valence-corrected chi connectivity index (χ0v) is 13.0. The normalized spacial score (nSPS) is 17.8. The summed E-state index contributed by atoms with van der Waals surface area (Å²) in [4.78, 5) is 12.2. The van der Waals surface area contributed by atoms with Gasteiger partial charge in [-0.15, -0.1) is 0 Å². The lowest BCUT2D eigenvalue weighted by Crippen LogP contribution is -2.25. The predicted molar refractivity (Wildman–Crippen MR) is 81.4 cm³/mol. The van der Waals surface area contributed by atoms with Crippen LogP contribution in [0.25, 0.3) is 0 Å². The number of nitrogens with two attached hydrogens (primary N) is 1. The highest BCUT2D eigenvalue weighted by atomic mass is 35.5. The maximum atomic E-state index is 12.2. The van der Waals surface area contributed by atoms with Crippen molar-refractivity contribution >= 4 is 17.6 Å². The van der Waals surface area contributed by atoms with Crippen LogP contribution < -0.4 is 5.73 Å². The second kappa shape index (κ2) is 6.54. The maximum absolute atomic E-state index is 12.2. The third kappa shape index (κ3) is 2.66. The van der Waals surface area contributed by atoms with Crippen LogP contribution in [0, 0.1) is 11.3 Å². The molecule has 114 valence electrons. The van der Waals surface area contributed by atoms with E-state index in [-0.39, 0.29) is 17.0 Å². The lowest BCUT2D eigenvalue weighted by atomic mass is 9.82. The van der Waals surface area contributed by atoms with Gasteiger partial charge in [-0.25, -0.2) is 4.79 Å². The van der Waals surface area contributed by atoms with Gasteiger partial charge in [0.2, 0.25) is 5.88 Å². The zero-order chi connectivity index (χ0) is 16.3. The minimum Gasteiger partial charge on any atom is -0.466 e. The van der Waals surface area contributed by atoms with Crippen molar-refractivity contribution in [2.24, 2.45) is 5.73 Å². The summed E-state index contributed by atoms with van der Waals surface area (Å²) in [5.74, 6) is -0.901. The molecule has 1 heterocycles. The highest BCUT2D eigenvalue weighted by molar-refractivity contribution is 6.31. The van der Waals surface area contributed by atoms with Crippen molar-refractivity contribution in [1.82, 2.24) is 0 Å². The second-order valence-corrected chi connectivity index (χ2v) is 5.04. The molecule has 5 nitrogen and oxygen atoms in total. The van der Waals surface area contributed by atoms with E-state index < -0.39 is 11.9 Å². The van der Waals surface area contributed by atoms with Gasteiger partial charge in [-0.3, -0.25) is 0 Å². The number of hydrogen-bond donors (Lipinski definition) is 1. The molecule has 0 fully saturated rings. The number of esters is 1. The van der Waals surface area contributed by atoms with Gasteiger partial charge in [-0.05, 0) is 11.6 Å². The van der Waals surface area contributed by atoms with Crippen molar-refractivity contribution in [3.05, 3.63) is 57.6 Å². The Labute approximate surface area is 133 Å². The first-order valence-corrected chi connectivity index (χ1v) is 7.06.